The number of nitrogens with one attached hydrogen (secondary N) is 1. The normalized spacial score (nSPS) is 11.0. The quantitative estimate of drug-likeness (QED) is 0.494. The molecule has 0 fully saturated rings. The van der Waals surface area contributed by atoms with Crippen LogP contribution in [0.4, 0.5) is 4.39 Å². The number of carbonyl (C=O) groups is 1. The summed E-state index contributed by atoms with van der Waals surface area (Å²) in [6, 6.07) is 9.43. The molecule has 0 spiro atoms. The van der Waals surface area contributed by atoms with Crippen LogP contribution in [0.25, 0.3) is 27.8 Å². The van der Waals surface area contributed by atoms with Crippen LogP contribution in [0.15, 0.2) is 49.1 Å². The molecule has 0 radical (unpaired) electrons. The van der Waals surface area contributed by atoms with Crippen molar-refractivity contribution in [3.8, 4) is 28.3 Å². The van der Waals surface area contributed by atoms with Crippen molar-refractivity contribution in [2.45, 2.75) is 0 Å². The summed E-state index contributed by atoms with van der Waals surface area (Å²) in [7, 11) is 4.81. The van der Waals surface area contributed by atoms with Crippen molar-refractivity contribution in [2.24, 2.45) is 7.05 Å². The molecule has 4 aromatic rings. The van der Waals surface area contributed by atoms with Gasteiger partial charge in [-0.1, -0.05) is 6.07 Å². The van der Waals surface area contributed by atoms with Crippen molar-refractivity contribution in [1.82, 2.24) is 24.6 Å². The lowest BCUT2D eigenvalue weighted by molar-refractivity contribution is 0.0944. The minimum absolute atomic E-state index is 0.0850. The van der Waals surface area contributed by atoms with Gasteiger partial charge in [-0.2, -0.15) is 5.10 Å². The number of methoxy groups -OCH3 is 2. The highest BCUT2D eigenvalue weighted by atomic mass is 19.1. The van der Waals surface area contributed by atoms with Gasteiger partial charge < -0.3 is 14.8 Å². The van der Waals surface area contributed by atoms with E-state index >= 15 is 0 Å². The minimum atomic E-state index is -0.656. The van der Waals surface area contributed by atoms with E-state index in [1.165, 1.54) is 14.2 Å². The molecular weight excluding hydrogens is 401 g/mol. The van der Waals surface area contributed by atoms with Crippen LogP contribution in [0.5, 0.6) is 11.5 Å². The number of nitrogens with zero attached hydrogens (tertiary/aromatic N) is 4. The van der Waals surface area contributed by atoms with Crippen molar-refractivity contribution in [1.29, 1.82) is 0 Å². The topological polar surface area (TPSA) is 83.2 Å². The number of fused-ring (bicyclic) bond motifs is 1. The number of hydrogen-bond acceptors (Lipinski definition) is 5. The van der Waals surface area contributed by atoms with E-state index in [2.05, 4.69) is 15.4 Å². The van der Waals surface area contributed by atoms with Crippen molar-refractivity contribution in [3.05, 3.63) is 54.6 Å². The lowest BCUT2D eigenvalue weighted by Gasteiger charge is -2.16. The largest absolute Gasteiger partial charge is 0.496 e. The number of aromatic nitrogens is 4. The van der Waals surface area contributed by atoms with Gasteiger partial charge in [-0.25, -0.2) is 9.37 Å². The first-order valence-corrected chi connectivity index (χ1v) is 9.62. The Bertz CT molecular complexity index is 1220. The number of benzene rings is 2. The molecule has 1 amide bonds. The second-order valence-electron chi connectivity index (χ2n) is 6.89. The van der Waals surface area contributed by atoms with E-state index in [9.17, 15) is 9.18 Å². The number of amides is 1. The molecule has 9 heteroatoms. The monoisotopic (exact) mass is 423 g/mol. The molecule has 0 bridgehead atoms. The fraction of sp³-hybridized carbons (Fsp3) is 0.227. The molecule has 2 aromatic heterocycles. The van der Waals surface area contributed by atoms with Crippen molar-refractivity contribution in [3.63, 3.8) is 0 Å². The second kappa shape index (κ2) is 8.47. The van der Waals surface area contributed by atoms with Crippen molar-refractivity contribution < 1.29 is 18.7 Å². The molecule has 0 saturated heterocycles. The van der Waals surface area contributed by atoms with Gasteiger partial charge in [-0.3, -0.25) is 14.0 Å². The van der Waals surface area contributed by atoms with Gasteiger partial charge in [0.2, 0.25) is 0 Å². The Labute approximate surface area is 178 Å². The van der Waals surface area contributed by atoms with E-state index in [4.69, 9.17) is 9.47 Å². The Balaban J connectivity index is 1.77. The van der Waals surface area contributed by atoms with E-state index in [0.29, 0.717) is 17.2 Å². The smallest absolute Gasteiger partial charge is 0.258 e. The van der Waals surface area contributed by atoms with Gasteiger partial charge >= 0.3 is 0 Å². The van der Waals surface area contributed by atoms with Crippen LogP contribution in [0.2, 0.25) is 0 Å². The summed E-state index contributed by atoms with van der Waals surface area (Å²) in [6.45, 7) is -0.741. The number of halogens is 1. The first-order chi connectivity index (χ1) is 15.0. The van der Waals surface area contributed by atoms with Crippen LogP contribution in [0.3, 0.4) is 0 Å². The lowest BCUT2D eigenvalue weighted by atomic mass is 10.1. The Hall–Kier alpha value is -3.88. The van der Waals surface area contributed by atoms with Gasteiger partial charge in [0.1, 0.15) is 30.1 Å². The molecule has 0 saturated carbocycles. The zero-order chi connectivity index (χ0) is 22.0. The van der Waals surface area contributed by atoms with E-state index < -0.39 is 12.6 Å². The Morgan fingerprint density at radius 3 is 2.48 bits per heavy atom. The molecular formula is C22H22FN5O3. The molecule has 2 aromatic carbocycles. The lowest BCUT2D eigenvalue weighted by Crippen LogP contribution is -2.26. The van der Waals surface area contributed by atoms with Gasteiger partial charge in [0.05, 0.1) is 37.1 Å². The molecule has 0 aliphatic carbocycles. The van der Waals surface area contributed by atoms with Gasteiger partial charge in [0.25, 0.3) is 5.91 Å². The van der Waals surface area contributed by atoms with Crippen LogP contribution >= 0.6 is 0 Å². The highest BCUT2D eigenvalue weighted by molar-refractivity contribution is 6.00. The third-order valence-electron chi connectivity index (χ3n) is 4.96. The maximum absolute atomic E-state index is 12.5. The Kier molecular flexibility index (Phi) is 5.57. The summed E-state index contributed by atoms with van der Waals surface area (Å²) in [5.74, 6) is 0.175. The molecule has 1 N–H and O–H groups in total. The average molecular weight is 423 g/mol. The second-order valence-corrected chi connectivity index (χ2v) is 6.89. The first-order valence-electron chi connectivity index (χ1n) is 9.62. The van der Waals surface area contributed by atoms with Crippen LogP contribution in [0.1, 0.15) is 10.4 Å². The summed E-state index contributed by atoms with van der Waals surface area (Å²) < 4.78 is 27.0. The van der Waals surface area contributed by atoms with Crippen molar-refractivity contribution >= 4 is 16.9 Å². The first kappa shape index (κ1) is 20.4. The predicted octanol–water partition coefficient (Wildman–Crippen LogP) is 3.14. The summed E-state index contributed by atoms with van der Waals surface area (Å²) in [4.78, 5) is 17.0. The minimum Gasteiger partial charge on any atom is -0.496 e. The Morgan fingerprint density at radius 1 is 1.13 bits per heavy atom. The highest BCUT2D eigenvalue weighted by Crippen LogP contribution is 2.34. The highest BCUT2D eigenvalue weighted by Gasteiger charge is 2.21. The van der Waals surface area contributed by atoms with Crippen LogP contribution in [-0.4, -0.2) is 52.7 Å². The zero-order valence-corrected chi connectivity index (χ0v) is 17.4. The number of hydrogen-bond donors (Lipinski definition) is 1. The molecule has 160 valence electrons. The SMILES string of the molecule is COc1cc(-n2cnc3cc(-c4cnn(C)c4)ccc32)cc(OC)c1C(=O)NCCF. The average Bonchev–Trinajstić information content (AvgIpc) is 3.42. The third-order valence-corrected chi connectivity index (χ3v) is 4.96. The standard InChI is InChI=1S/C22H22FN5O3/c1-27-12-15(11-26-27)14-4-5-18-17(8-14)25-13-28(18)16-9-19(30-2)21(20(10-16)31-3)22(29)24-7-6-23/h4-5,8-13H,6-7H2,1-3H3,(H,24,29). The molecule has 0 unspecified atom stereocenters. The van der Waals surface area contributed by atoms with E-state index in [0.717, 1.165) is 22.2 Å². The summed E-state index contributed by atoms with van der Waals surface area (Å²) in [5.41, 5.74) is 4.64. The van der Waals surface area contributed by atoms with Gasteiger partial charge in [-0.15, -0.1) is 0 Å². The van der Waals surface area contributed by atoms with Crippen LogP contribution in [-0.2, 0) is 7.05 Å². The Morgan fingerprint density at radius 2 is 1.87 bits per heavy atom. The fourth-order valence-corrected chi connectivity index (χ4v) is 3.48. The summed E-state index contributed by atoms with van der Waals surface area (Å²) in [6.07, 6.45) is 5.45. The van der Waals surface area contributed by atoms with Crippen molar-refractivity contribution in [2.75, 3.05) is 27.4 Å². The maximum atomic E-state index is 12.5. The van der Waals surface area contributed by atoms with Crippen LogP contribution < -0.4 is 14.8 Å². The van der Waals surface area contributed by atoms with E-state index in [1.54, 1.807) is 29.3 Å². The number of imidazole rings is 1. The number of carbonyl (C=O) groups excluding carboxylic acids is 1. The van der Waals surface area contributed by atoms with Gasteiger partial charge in [-0.05, 0) is 17.7 Å². The summed E-state index contributed by atoms with van der Waals surface area (Å²) >= 11 is 0. The molecule has 8 nitrogen and oxygen atoms in total. The number of ether oxygens (including phenoxy) is 2. The fourth-order valence-electron chi connectivity index (χ4n) is 3.48. The predicted molar refractivity (Wildman–Crippen MR) is 115 cm³/mol. The maximum Gasteiger partial charge on any atom is 0.258 e. The molecule has 0 aliphatic rings. The zero-order valence-electron chi connectivity index (χ0n) is 17.4. The molecule has 4 rings (SSSR count). The molecule has 0 aliphatic heterocycles. The molecule has 2 heterocycles. The van der Waals surface area contributed by atoms with Gasteiger partial charge in [0, 0.05) is 37.5 Å². The third kappa shape index (κ3) is 3.81. The molecule has 0 atom stereocenters. The molecule has 31 heavy (non-hydrogen) atoms. The van der Waals surface area contributed by atoms with Crippen LogP contribution in [0, 0.1) is 0 Å². The van der Waals surface area contributed by atoms with E-state index in [-0.39, 0.29) is 12.1 Å². The van der Waals surface area contributed by atoms with Gasteiger partial charge in [0.15, 0.2) is 0 Å². The van der Waals surface area contributed by atoms with E-state index in [1.807, 2.05) is 36.0 Å². The number of rotatable bonds is 7. The number of aryl methyl sites for hydroxylation is 1. The summed E-state index contributed by atoms with van der Waals surface area (Å²) in [5, 5.41) is 6.72. The number of alkyl halides is 1.